The van der Waals surface area contributed by atoms with Crippen LogP contribution in [0.3, 0.4) is 0 Å². The van der Waals surface area contributed by atoms with E-state index in [9.17, 15) is 4.39 Å². The molecule has 2 heteroatoms. The lowest BCUT2D eigenvalue weighted by molar-refractivity contribution is 0.628. The highest BCUT2D eigenvalue weighted by Crippen LogP contribution is 2.06. The summed E-state index contributed by atoms with van der Waals surface area (Å²) in [6, 6.07) is 6.33. The Bertz CT molecular complexity index is 193. The minimum atomic E-state index is -0.193. The zero-order valence-corrected chi connectivity index (χ0v) is 7.89. The van der Waals surface area contributed by atoms with Crippen molar-refractivity contribution in [3.05, 3.63) is 30.1 Å². The fourth-order valence-corrected chi connectivity index (χ4v) is 0.772. The number of halogens is 1. The second-order valence-electron chi connectivity index (χ2n) is 2.04. The van der Waals surface area contributed by atoms with E-state index in [1.165, 1.54) is 12.1 Å². The van der Waals surface area contributed by atoms with Crippen molar-refractivity contribution in [3.63, 3.8) is 0 Å². The summed E-state index contributed by atoms with van der Waals surface area (Å²) in [6.45, 7) is 6.87. The average molecular weight is 169 g/mol. The highest BCUT2D eigenvalue weighted by atomic mass is 19.1. The van der Waals surface area contributed by atoms with Crippen LogP contribution in [0.4, 0.5) is 10.1 Å². The van der Waals surface area contributed by atoms with Crippen molar-refractivity contribution in [2.75, 3.05) is 11.9 Å². The van der Waals surface area contributed by atoms with Crippen LogP contribution in [-0.4, -0.2) is 6.54 Å². The zero-order valence-electron chi connectivity index (χ0n) is 7.89. The van der Waals surface area contributed by atoms with Gasteiger partial charge in [-0.15, -0.1) is 0 Å². The second kappa shape index (κ2) is 6.65. The first-order valence-corrected chi connectivity index (χ1v) is 4.32. The number of rotatable bonds is 2. The Hall–Kier alpha value is -1.05. The smallest absolute Gasteiger partial charge is 0.123 e. The highest BCUT2D eigenvalue weighted by molar-refractivity contribution is 5.42. The number of anilines is 1. The van der Waals surface area contributed by atoms with Crippen LogP contribution in [0.1, 0.15) is 20.8 Å². The van der Waals surface area contributed by atoms with Gasteiger partial charge in [0.05, 0.1) is 0 Å². The Balaban J connectivity index is 0.000000561. The maximum absolute atomic E-state index is 12.3. The molecule has 0 unspecified atom stereocenters. The van der Waals surface area contributed by atoms with E-state index in [2.05, 4.69) is 5.32 Å². The van der Waals surface area contributed by atoms with E-state index in [-0.39, 0.29) is 5.82 Å². The highest BCUT2D eigenvalue weighted by Gasteiger charge is 1.88. The minimum Gasteiger partial charge on any atom is -0.385 e. The topological polar surface area (TPSA) is 12.0 Å². The minimum absolute atomic E-state index is 0.193. The van der Waals surface area contributed by atoms with Gasteiger partial charge in [-0.25, -0.2) is 4.39 Å². The molecule has 0 bridgehead atoms. The fourth-order valence-electron chi connectivity index (χ4n) is 0.772. The monoisotopic (exact) mass is 169 g/mol. The molecule has 1 aromatic carbocycles. The summed E-state index contributed by atoms with van der Waals surface area (Å²) in [5.41, 5.74) is 0.962. The van der Waals surface area contributed by atoms with Crippen molar-refractivity contribution in [3.8, 4) is 0 Å². The summed E-state index contributed by atoms with van der Waals surface area (Å²) in [7, 11) is 0. The third-order valence-corrected chi connectivity index (χ3v) is 1.23. The summed E-state index contributed by atoms with van der Waals surface area (Å²) in [5, 5.41) is 3.07. The van der Waals surface area contributed by atoms with Crippen LogP contribution in [0.25, 0.3) is 0 Å². The lowest BCUT2D eigenvalue weighted by Gasteiger charge is -2.00. The van der Waals surface area contributed by atoms with Crippen molar-refractivity contribution in [2.24, 2.45) is 0 Å². The molecule has 0 fully saturated rings. The lowest BCUT2D eigenvalue weighted by atomic mass is 10.3. The van der Waals surface area contributed by atoms with Crippen LogP contribution in [0.2, 0.25) is 0 Å². The largest absolute Gasteiger partial charge is 0.385 e. The molecule has 0 atom stereocenters. The van der Waals surface area contributed by atoms with E-state index >= 15 is 0 Å². The van der Waals surface area contributed by atoms with Crippen LogP contribution in [0.15, 0.2) is 24.3 Å². The molecule has 0 spiro atoms. The van der Waals surface area contributed by atoms with Crippen molar-refractivity contribution in [2.45, 2.75) is 20.8 Å². The molecule has 0 radical (unpaired) electrons. The Kier molecular flexibility index (Phi) is 6.07. The van der Waals surface area contributed by atoms with Crippen LogP contribution in [-0.2, 0) is 0 Å². The van der Waals surface area contributed by atoms with E-state index in [0.717, 1.165) is 12.2 Å². The van der Waals surface area contributed by atoms with Gasteiger partial charge in [0.25, 0.3) is 0 Å². The van der Waals surface area contributed by atoms with Crippen molar-refractivity contribution < 1.29 is 4.39 Å². The molecule has 0 heterocycles. The van der Waals surface area contributed by atoms with Crippen molar-refractivity contribution in [1.82, 2.24) is 0 Å². The maximum Gasteiger partial charge on any atom is 0.123 e. The van der Waals surface area contributed by atoms with Gasteiger partial charge in [-0.1, -0.05) is 13.8 Å². The molecule has 0 amide bonds. The summed E-state index contributed by atoms with van der Waals surface area (Å²) in [4.78, 5) is 0. The Morgan fingerprint density at radius 3 is 2.08 bits per heavy atom. The Morgan fingerprint density at radius 2 is 1.67 bits per heavy atom. The van der Waals surface area contributed by atoms with E-state index in [1.54, 1.807) is 12.1 Å². The molecule has 12 heavy (non-hydrogen) atoms. The van der Waals surface area contributed by atoms with Gasteiger partial charge < -0.3 is 5.32 Å². The maximum atomic E-state index is 12.3. The quantitative estimate of drug-likeness (QED) is 0.716. The van der Waals surface area contributed by atoms with Crippen molar-refractivity contribution in [1.29, 1.82) is 0 Å². The number of nitrogens with one attached hydrogen (secondary N) is 1. The average Bonchev–Trinajstić information content (AvgIpc) is 2.13. The van der Waals surface area contributed by atoms with Crippen LogP contribution in [0.5, 0.6) is 0 Å². The predicted octanol–water partition coefficient (Wildman–Crippen LogP) is 3.28. The standard InChI is InChI=1S/C8H10FN.C2H6/c1-2-10-8-5-3-7(9)4-6-8;1-2/h3-6,10H,2H2,1H3;1-2H3. The van der Waals surface area contributed by atoms with Crippen molar-refractivity contribution >= 4 is 5.69 Å². The van der Waals surface area contributed by atoms with Gasteiger partial charge in [-0.05, 0) is 31.2 Å². The zero-order chi connectivity index (χ0) is 9.40. The third kappa shape index (κ3) is 3.96. The number of hydrogen-bond donors (Lipinski definition) is 1. The Labute approximate surface area is 73.6 Å². The predicted molar refractivity (Wildman–Crippen MR) is 51.9 cm³/mol. The summed E-state index contributed by atoms with van der Waals surface area (Å²) in [6.07, 6.45) is 0. The second-order valence-corrected chi connectivity index (χ2v) is 2.04. The first kappa shape index (κ1) is 11.0. The van der Waals surface area contributed by atoms with Gasteiger partial charge >= 0.3 is 0 Å². The molecule has 1 aromatic rings. The molecule has 0 saturated carbocycles. The summed E-state index contributed by atoms with van der Waals surface area (Å²) in [5.74, 6) is -0.193. The molecule has 0 aromatic heterocycles. The number of benzene rings is 1. The van der Waals surface area contributed by atoms with E-state index in [0.29, 0.717) is 0 Å². The van der Waals surface area contributed by atoms with Gasteiger partial charge in [0.2, 0.25) is 0 Å². The number of hydrogen-bond acceptors (Lipinski definition) is 1. The first-order chi connectivity index (χ1) is 5.83. The van der Waals surface area contributed by atoms with Crippen LogP contribution in [0, 0.1) is 5.82 Å². The molecule has 1 nitrogen and oxygen atoms in total. The van der Waals surface area contributed by atoms with Gasteiger partial charge in [0.1, 0.15) is 5.82 Å². The molecular formula is C10H16FN. The van der Waals surface area contributed by atoms with Gasteiger partial charge in [-0.3, -0.25) is 0 Å². The molecule has 0 aliphatic rings. The molecule has 1 N–H and O–H groups in total. The normalized spacial score (nSPS) is 8.33. The molecule has 68 valence electrons. The van der Waals surface area contributed by atoms with Crippen LogP contribution < -0.4 is 5.32 Å². The molecule has 0 aliphatic carbocycles. The summed E-state index contributed by atoms with van der Waals surface area (Å²) < 4.78 is 12.3. The molecule has 1 rings (SSSR count). The van der Waals surface area contributed by atoms with Gasteiger partial charge in [0, 0.05) is 12.2 Å². The van der Waals surface area contributed by atoms with E-state index in [4.69, 9.17) is 0 Å². The third-order valence-electron chi connectivity index (χ3n) is 1.23. The molecular weight excluding hydrogens is 153 g/mol. The van der Waals surface area contributed by atoms with E-state index in [1.807, 2.05) is 20.8 Å². The van der Waals surface area contributed by atoms with Gasteiger partial charge in [0.15, 0.2) is 0 Å². The van der Waals surface area contributed by atoms with Gasteiger partial charge in [-0.2, -0.15) is 0 Å². The SMILES string of the molecule is CC.CCNc1ccc(F)cc1. The Morgan fingerprint density at radius 1 is 1.17 bits per heavy atom. The lowest BCUT2D eigenvalue weighted by Crippen LogP contribution is -1.95. The fraction of sp³-hybridized carbons (Fsp3) is 0.400. The molecule has 0 saturated heterocycles. The van der Waals surface area contributed by atoms with E-state index < -0.39 is 0 Å². The van der Waals surface area contributed by atoms with Crippen LogP contribution >= 0.6 is 0 Å². The summed E-state index contributed by atoms with van der Waals surface area (Å²) >= 11 is 0. The first-order valence-electron chi connectivity index (χ1n) is 4.32. The molecule has 0 aliphatic heterocycles.